The van der Waals surface area contributed by atoms with Gasteiger partial charge in [-0.15, -0.1) is 11.3 Å². The number of rotatable bonds is 5. The van der Waals surface area contributed by atoms with Crippen LogP contribution in [0.25, 0.3) is 0 Å². The second-order valence-electron chi connectivity index (χ2n) is 3.63. The number of nitrogens with two attached hydrogens (primary N) is 1. The van der Waals surface area contributed by atoms with Gasteiger partial charge in [0.1, 0.15) is 10.2 Å². The average molecular weight is 282 g/mol. The van der Waals surface area contributed by atoms with Crippen LogP contribution in [0, 0.1) is 5.82 Å². The molecular weight excluding hydrogens is 271 g/mol. The number of thioether (sulfide) groups is 1. The van der Waals surface area contributed by atoms with Crippen molar-refractivity contribution in [1.29, 1.82) is 0 Å². The van der Waals surface area contributed by atoms with Crippen LogP contribution in [-0.2, 0) is 17.0 Å². The molecule has 0 unspecified atom stereocenters. The van der Waals surface area contributed by atoms with Gasteiger partial charge in [0, 0.05) is 11.1 Å². The van der Waals surface area contributed by atoms with Crippen molar-refractivity contribution in [2.45, 2.75) is 16.5 Å². The lowest BCUT2D eigenvalue weighted by atomic mass is 10.2. The molecule has 2 rings (SSSR count). The lowest BCUT2D eigenvalue weighted by Gasteiger charge is -2.00. The summed E-state index contributed by atoms with van der Waals surface area (Å²) < 4.78 is 14.2. The zero-order valence-electron chi connectivity index (χ0n) is 9.43. The SMILES string of the molecule is NC(=O)Cc1csc(SCc2ccccc2F)n1. The van der Waals surface area contributed by atoms with E-state index in [1.807, 2.05) is 0 Å². The van der Waals surface area contributed by atoms with Crippen LogP contribution in [0.2, 0.25) is 0 Å². The largest absolute Gasteiger partial charge is 0.369 e. The first kappa shape index (κ1) is 13.0. The summed E-state index contributed by atoms with van der Waals surface area (Å²) in [4.78, 5) is 15.0. The number of hydrogen-bond donors (Lipinski definition) is 1. The first-order chi connectivity index (χ1) is 8.65. The van der Waals surface area contributed by atoms with Crippen LogP contribution in [0.5, 0.6) is 0 Å². The maximum atomic E-state index is 13.4. The first-order valence-corrected chi connectivity index (χ1v) is 7.10. The molecule has 0 aliphatic rings. The molecule has 6 heteroatoms. The number of halogens is 1. The predicted octanol–water partition coefficient (Wildman–Crippen LogP) is 2.60. The molecule has 0 fully saturated rings. The summed E-state index contributed by atoms with van der Waals surface area (Å²) in [7, 11) is 0. The minimum absolute atomic E-state index is 0.150. The number of carbonyl (C=O) groups excluding carboxylic acids is 1. The van der Waals surface area contributed by atoms with Crippen LogP contribution in [-0.4, -0.2) is 10.9 Å². The normalized spacial score (nSPS) is 10.5. The Hall–Kier alpha value is -1.40. The smallest absolute Gasteiger partial charge is 0.223 e. The molecule has 2 N–H and O–H groups in total. The first-order valence-electron chi connectivity index (χ1n) is 5.24. The monoisotopic (exact) mass is 282 g/mol. The Morgan fingerprint density at radius 2 is 2.22 bits per heavy atom. The second-order valence-corrected chi connectivity index (χ2v) is 5.71. The number of thiazole rings is 1. The highest BCUT2D eigenvalue weighted by molar-refractivity contribution is 8.00. The zero-order valence-corrected chi connectivity index (χ0v) is 11.1. The van der Waals surface area contributed by atoms with E-state index in [-0.39, 0.29) is 12.2 Å². The highest BCUT2D eigenvalue weighted by Gasteiger charge is 2.07. The van der Waals surface area contributed by atoms with Gasteiger partial charge in [-0.2, -0.15) is 0 Å². The molecule has 0 saturated carbocycles. The molecule has 0 spiro atoms. The fourth-order valence-electron chi connectivity index (χ4n) is 1.37. The molecule has 0 aliphatic heterocycles. The van der Waals surface area contributed by atoms with E-state index in [2.05, 4.69) is 4.98 Å². The minimum Gasteiger partial charge on any atom is -0.369 e. The molecule has 3 nitrogen and oxygen atoms in total. The van der Waals surface area contributed by atoms with E-state index in [1.165, 1.54) is 29.2 Å². The Labute approximate surface area is 112 Å². The van der Waals surface area contributed by atoms with Crippen LogP contribution in [0.4, 0.5) is 4.39 Å². The van der Waals surface area contributed by atoms with Crippen molar-refractivity contribution >= 4 is 29.0 Å². The number of aromatic nitrogens is 1. The highest BCUT2D eigenvalue weighted by atomic mass is 32.2. The summed E-state index contributed by atoms with van der Waals surface area (Å²) in [5.74, 6) is -0.0826. The molecule has 2 aromatic rings. The topological polar surface area (TPSA) is 56.0 Å². The number of amides is 1. The van der Waals surface area contributed by atoms with Crippen LogP contribution >= 0.6 is 23.1 Å². The number of hydrogen-bond acceptors (Lipinski definition) is 4. The third-order valence-electron chi connectivity index (χ3n) is 2.20. The molecule has 0 atom stereocenters. The van der Waals surface area contributed by atoms with Gasteiger partial charge in [-0.25, -0.2) is 9.37 Å². The Morgan fingerprint density at radius 1 is 1.44 bits per heavy atom. The van der Waals surface area contributed by atoms with Crippen LogP contribution in [0.3, 0.4) is 0 Å². The molecule has 1 aromatic carbocycles. The Morgan fingerprint density at radius 3 is 2.94 bits per heavy atom. The van der Waals surface area contributed by atoms with Gasteiger partial charge < -0.3 is 5.73 Å². The zero-order chi connectivity index (χ0) is 13.0. The van der Waals surface area contributed by atoms with Gasteiger partial charge in [-0.3, -0.25) is 4.79 Å². The minimum atomic E-state index is -0.397. The number of benzene rings is 1. The van der Waals surface area contributed by atoms with Crippen LogP contribution in [0.1, 0.15) is 11.3 Å². The molecule has 1 aromatic heterocycles. The molecule has 0 bridgehead atoms. The average Bonchev–Trinajstić information content (AvgIpc) is 2.75. The fraction of sp³-hybridized carbons (Fsp3) is 0.167. The van der Waals surface area contributed by atoms with E-state index < -0.39 is 5.91 Å². The standard InChI is InChI=1S/C12H11FN2OS2/c13-10-4-2-1-3-8(10)6-17-12-15-9(7-18-12)5-11(14)16/h1-4,7H,5-6H2,(H2,14,16). The van der Waals surface area contributed by atoms with Gasteiger partial charge in [0.25, 0.3) is 0 Å². The molecule has 1 amide bonds. The van der Waals surface area contributed by atoms with Crippen LogP contribution < -0.4 is 5.73 Å². The molecule has 0 aliphatic carbocycles. The van der Waals surface area contributed by atoms with Crippen molar-refractivity contribution in [3.63, 3.8) is 0 Å². The predicted molar refractivity (Wildman–Crippen MR) is 71.0 cm³/mol. The summed E-state index contributed by atoms with van der Waals surface area (Å²) in [6, 6.07) is 6.66. The van der Waals surface area contributed by atoms with Crippen molar-refractivity contribution in [2.75, 3.05) is 0 Å². The van der Waals surface area contributed by atoms with Gasteiger partial charge in [-0.1, -0.05) is 30.0 Å². The van der Waals surface area contributed by atoms with Gasteiger partial charge in [-0.05, 0) is 11.6 Å². The lowest BCUT2D eigenvalue weighted by molar-refractivity contribution is -0.117. The summed E-state index contributed by atoms with van der Waals surface area (Å²) in [5.41, 5.74) is 6.41. The number of carbonyl (C=O) groups is 1. The van der Waals surface area contributed by atoms with E-state index >= 15 is 0 Å². The van der Waals surface area contributed by atoms with E-state index in [1.54, 1.807) is 23.6 Å². The molecular formula is C12H11FN2OS2. The summed E-state index contributed by atoms with van der Waals surface area (Å²) in [6.45, 7) is 0. The molecule has 1 heterocycles. The van der Waals surface area contributed by atoms with Crippen LogP contribution in [0.15, 0.2) is 34.0 Å². The van der Waals surface area contributed by atoms with Gasteiger partial charge in [0.05, 0.1) is 12.1 Å². The maximum absolute atomic E-state index is 13.4. The van der Waals surface area contributed by atoms with E-state index in [9.17, 15) is 9.18 Å². The van der Waals surface area contributed by atoms with E-state index in [0.717, 1.165) is 4.34 Å². The third-order valence-corrected chi connectivity index (χ3v) is 4.31. The second kappa shape index (κ2) is 5.97. The van der Waals surface area contributed by atoms with Gasteiger partial charge in [0.2, 0.25) is 5.91 Å². The number of primary amides is 1. The fourth-order valence-corrected chi connectivity index (χ4v) is 3.20. The lowest BCUT2D eigenvalue weighted by Crippen LogP contribution is -2.13. The molecule has 18 heavy (non-hydrogen) atoms. The van der Waals surface area contributed by atoms with E-state index in [0.29, 0.717) is 17.0 Å². The maximum Gasteiger partial charge on any atom is 0.223 e. The summed E-state index contributed by atoms with van der Waals surface area (Å²) >= 11 is 2.89. The van der Waals surface area contributed by atoms with Crippen molar-refractivity contribution < 1.29 is 9.18 Å². The third kappa shape index (κ3) is 3.54. The van der Waals surface area contributed by atoms with E-state index in [4.69, 9.17) is 5.73 Å². The van der Waals surface area contributed by atoms with Crippen molar-refractivity contribution in [3.8, 4) is 0 Å². The number of nitrogens with zero attached hydrogens (tertiary/aromatic N) is 1. The molecule has 94 valence electrons. The van der Waals surface area contributed by atoms with Crippen molar-refractivity contribution in [3.05, 3.63) is 46.7 Å². The molecule has 0 radical (unpaired) electrons. The van der Waals surface area contributed by atoms with Crippen molar-refractivity contribution in [2.24, 2.45) is 5.73 Å². The highest BCUT2D eigenvalue weighted by Crippen LogP contribution is 2.27. The van der Waals surface area contributed by atoms with Gasteiger partial charge in [0.15, 0.2) is 0 Å². The quantitative estimate of drug-likeness (QED) is 0.858. The molecule has 0 saturated heterocycles. The Bertz CT molecular complexity index is 557. The Kier molecular flexibility index (Phi) is 4.33. The van der Waals surface area contributed by atoms with Crippen molar-refractivity contribution in [1.82, 2.24) is 4.98 Å². The van der Waals surface area contributed by atoms with Gasteiger partial charge >= 0.3 is 0 Å². The summed E-state index contributed by atoms with van der Waals surface area (Å²) in [6.07, 6.45) is 0.150. The summed E-state index contributed by atoms with van der Waals surface area (Å²) in [5, 5.41) is 1.80. The Balaban J connectivity index is 1.96.